The topological polar surface area (TPSA) is 21.3 Å². The summed E-state index contributed by atoms with van der Waals surface area (Å²) in [6.45, 7) is 3.19. The molecule has 0 aromatic carbocycles. The quantitative estimate of drug-likeness (QED) is 0.773. The molecule has 1 aliphatic heterocycles. The van der Waals surface area contributed by atoms with Crippen molar-refractivity contribution in [3.63, 3.8) is 0 Å². The molecule has 0 spiro atoms. The van der Waals surface area contributed by atoms with Crippen molar-refractivity contribution in [2.75, 3.05) is 13.7 Å². The molecule has 1 atom stereocenters. The van der Waals surface area contributed by atoms with Crippen LogP contribution in [0.5, 0.6) is 0 Å². The highest BCUT2D eigenvalue weighted by molar-refractivity contribution is 5.09. The van der Waals surface area contributed by atoms with E-state index in [2.05, 4.69) is 25.4 Å². The van der Waals surface area contributed by atoms with Gasteiger partial charge in [0.1, 0.15) is 5.76 Å². The molecule has 0 aromatic heterocycles. The van der Waals surface area contributed by atoms with Gasteiger partial charge >= 0.3 is 0 Å². The monoisotopic (exact) mass is 251 g/mol. The Hall–Kier alpha value is -0.500. The van der Waals surface area contributed by atoms with E-state index < -0.39 is 0 Å². The molecule has 2 heteroatoms. The van der Waals surface area contributed by atoms with E-state index in [0.29, 0.717) is 6.04 Å². The molecular formula is C16H29NO. The molecule has 2 aliphatic rings. The minimum atomic E-state index is 0.472. The standard InChI is InChI=1S/C16H29NO/c1-3-4-6-13-8-10-14(11-9-13)16(17-2)15-7-5-12-18-15/h7,13-14,16-17H,3-6,8-12H2,1-2H3. The van der Waals surface area contributed by atoms with Crippen LogP contribution in [0, 0.1) is 11.8 Å². The summed E-state index contributed by atoms with van der Waals surface area (Å²) in [5.74, 6) is 3.00. The maximum absolute atomic E-state index is 5.75. The van der Waals surface area contributed by atoms with Crippen molar-refractivity contribution in [3.05, 3.63) is 11.8 Å². The van der Waals surface area contributed by atoms with Gasteiger partial charge in [-0.25, -0.2) is 0 Å². The van der Waals surface area contributed by atoms with Crippen LogP contribution >= 0.6 is 0 Å². The second-order valence-electron chi connectivity index (χ2n) is 5.93. The van der Waals surface area contributed by atoms with Gasteiger partial charge in [-0.1, -0.05) is 39.0 Å². The number of rotatable bonds is 6. The Morgan fingerprint density at radius 2 is 2.11 bits per heavy atom. The van der Waals surface area contributed by atoms with Crippen LogP contribution in [-0.2, 0) is 4.74 Å². The largest absolute Gasteiger partial charge is 0.496 e. The summed E-state index contributed by atoms with van der Waals surface area (Å²) in [5, 5.41) is 3.48. The van der Waals surface area contributed by atoms with E-state index in [1.165, 1.54) is 50.7 Å². The van der Waals surface area contributed by atoms with E-state index in [1.807, 2.05) is 0 Å². The minimum Gasteiger partial charge on any atom is -0.496 e. The van der Waals surface area contributed by atoms with Crippen LogP contribution < -0.4 is 5.32 Å². The molecule has 1 aliphatic carbocycles. The predicted octanol–water partition coefficient (Wildman–Crippen LogP) is 3.88. The Kier molecular flexibility index (Phi) is 5.55. The van der Waals surface area contributed by atoms with Crippen LogP contribution in [-0.4, -0.2) is 19.7 Å². The highest BCUT2D eigenvalue weighted by atomic mass is 16.5. The van der Waals surface area contributed by atoms with E-state index in [4.69, 9.17) is 4.74 Å². The number of hydrogen-bond donors (Lipinski definition) is 1. The number of ether oxygens (including phenoxy) is 1. The summed E-state index contributed by atoms with van der Waals surface area (Å²) in [6.07, 6.45) is 13.2. The summed E-state index contributed by atoms with van der Waals surface area (Å²) in [6, 6.07) is 0.472. The molecule has 1 fully saturated rings. The van der Waals surface area contributed by atoms with E-state index in [-0.39, 0.29) is 0 Å². The number of unbranched alkanes of at least 4 members (excludes halogenated alkanes) is 1. The van der Waals surface area contributed by atoms with Crippen LogP contribution in [0.25, 0.3) is 0 Å². The average molecular weight is 251 g/mol. The van der Waals surface area contributed by atoms with Gasteiger partial charge < -0.3 is 10.1 Å². The molecule has 0 bridgehead atoms. The van der Waals surface area contributed by atoms with E-state index in [0.717, 1.165) is 24.9 Å². The zero-order valence-electron chi connectivity index (χ0n) is 12.1. The fourth-order valence-electron chi connectivity index (χ4n) is 3.57. The normalized spacial score (nSPS) is 29.8. The second-order valence-corrected chi connectivity index (χ2v) is 5.93. The van der Waals surface area contributed by atoms with E-state index in [1.54, 1.807) is 0 Å². The number of hydrogen-bond acceptors (Lipinski definition) is 2. The molecule has 2 nitrogen and oxygen atoms in total. The van der Waals surface area contributed by atoms with Gasteiger partial charge in [0.2, 0.25) is 0 Å². The molecule has 1 unspecified atom stereocenters. The number of likely N-dealkylation sites (N-methyl/N-ethyl adjacent to an activating group) is 1. The summed E-state index contributed by atoms with van der Waals surface area (Å²) in [5.41, 5.74) is 0. The minimum absolute atomic E-state index is 0.472. The molecular weight excluding hydrogens is 222 g/mol. The van der Waals surface area contributed by atoms with Gasteiger partial charge in [-0.3, -0.25) is 0 Å². The van der Waals surface area contributed by atoms with E-state index in [9.17, 15) is 0 Å². The molecule has 0 saturated heterocycles. The van der Waals surface area contributed by atoms with Gasteiger partial charge in [-0.2, -0.15) is 0 Å². The molecule has 2 rings (SSSR count). The molecule has 18 heavy (non-hydrogen) atoms. The van der Waals surface area contributed by atoms with Crippen LogP contribution in [0.4, 0.5) is 0 Å². The van der Waals surface area contributed by atoms with Crippen molar-refractivity contribution in [2.45, 2.75) is 64.3 Å². The first-order valence-corrected chi connectivity index (χ1v) is 7.85. The Bertz CT molecular complexity index is 266. The van der Waals surface area contributed by atoms with Crippen molar-refractivity contribution >= 4 is 0 Å². The van der Waals surface area contributed by atoms with E-state index >= 15 is 0 Å². The lowest BCUT2D eigenvalue weighted by Crippen LogP contribution is -2.37. The first-order valence-electron chi connectivity index (χ1n) is 7.85. The maximum atomic E-state index is 5.75. The van der Waals surface area contributed by atoms with Crippen molar-refractivity contribution in [2.24, 2.45) is 11.8 Å². The third-order valence-electron chi connectivity index (χ3n) is 4.68. The Morgan fingerprint density at radius 3 is 2.67 bits per heavy atom. The average Bonchev–Trinajstić information content (AvgIpc) is 2.93. The van der Waals surface area contributed by atoms with Crippen LogP contribution in [0.3, 0.4) is 0 Å². The lowest BCUT2D eigenvalue weighted by atomic mass is 9.76. The van der Waals surface area contributed by atoms with Crippen LogP contribution in [0.15, 0.2) is 11.8 Å². The third kappa shape index (κ3) is 3.50. The summed E-state index contributed by atoms with van der Waals surface area (Å²) < 4.78 is 5.75. The van der Waals surface area contributed by atoms with Gasteiger partial charge in [-0.05, 0) is 37.8 Å². The highest BCUT2D eigenvalue weighted by Crippen LogP contribution is 2.36. The molecule has 0 aromatic rings. The number of nitrogens with one attached hydrogen (secondary N) is 1. The fourth-order valence-corrected chi connectivity index (χ4v) is 3.57. The first kappa shape index (κ1) is 13.9. The zero-order chi connectivity index (χ0) is 12.8. The van der Waals surface area contributed by atoms with Gasteiger partial charge in [0, 0.05) is 6.42 Å². The second kappa shape index (κ2) is 7.18. The summed E-state index contributed by atoms with van der Waals surface area (Å²) in [4.78, 5) is 0. The molecule has 104 valence electrons. The summed E-state index contributed by atoms with van der Waals surface area (Å²) >= 11 is 0. The maximum Gasteiger partial charge on any atom is 0.109 e. The molecule has 1 saturated carbocycles. The molecule has 0 radical (unpaired) electrons. The smallest absolute Gasteiger partial charge is 0.109 e. The molecule has 0 amide bonds. The zero-order valence-corrected chi connectivity index (χ0v) is 12.1. The molecule has 1 heterocycles. The lowest BCUT2D eigenvalue weighted by Gasteiger charge is -2.34. The van der Waals surface area contributed by atoms with Crippen LogP contribution in [0.1, 0.15) is 58.3 Å². The van der Waals surface area contributed by atoms with Gasteiger partial charge in [0.25, 0.3) is 0 Å². The van der Waals surface area contributed by atoms with Gasteiger partial charge in [-0.15, -0.1) is 0 Å². The van der Waals surface area contributed by atoms with Crippen LogP contribution in [0.2, 0.25) is 0 Å². The fraction of sp³-hybridized carbons (Fsp3) is 0.875. The summed E-state index contributed by atoms with van der Waals surface area (Å²) in [7, 11) is 2.08. The Balaban J connectivity index is 1.80. The van der Waals surface area contributed by atoms with Crippen molar-refractivity contribution < 1.29 is 4.74 Å². The SMILES string of the molecule is CCCCC1CCC(C(NC)C2=CCCO2)CC1. The Morgan fingerprint density at radius 1 is 1.33 bits per heavy atom. The van der Waals surface area contributed by atoms with Crippen molar-refractivity contribution in [3.8, 4) is 0 Å². The lowest BCUT2D eigenvalue weighted by molar-refractivity contribution is 0.164. The van der Waals surface area contributed by atoms with Gasteiger partial charge in [0.15, 0.2) is 0 Å². The third-order valence-corrected chi connectivity index (χ3v) is 4.68. The van der Waals surface area contributed by atoms with Crippen molar-refractivity contribution in [1.29, 1.82) is 0 Å². The van der Waals surface area contributed by atoms with Gasteiger partial charge in [0.05, 0.1) is 12.6 Å². The highest BCUT2D eigenvalue weighted by Gasteiger charge is 2.30. The van der Waals surface area contributed by atoms with Crippen molar-refractivity contribution in [1.82, 2.24) is 5.32 Å². The predicted molar refractivity (Wildman–Crippen MR) is 76.5 cm³/mol. The Labute approximate surface area is 112 Å². The molecule has 1 N–H and O–H groups in total. The first-order chi connectivity index (χ1) is 8.85.